The van der Waals surface area contributed by atoms with E-state index in [1.165, 1.54) is 0 Å². The molecule has 19 heavy (non-hydrogen) atoms. The Bertz CT molecular complexity index is 413. The number of nitrogens with one attached hydrogen (secondary N) is 1. The Morgan fingerprint density at radius 1 is 1.63 bits per heavy atom. The molecule has 106 valence electrons. The molecular weight excluding hydrogens is 244 g/mol. The Hall–Kier alpha value is -1.33. The van der Waals surface area contributed by atoms with Gasteiger partial charge in [0, 0.05) is 32.7 Å². The Morgan fingerprint density at radius 2 is 2.42 bits per heavy atom. The Balaban J connectivity index is 1.74. The van der Waals surface area contributed by atoms with E-state index < -0.39 is 0 Å². The van der Waals surface area contributed by atoms with Gasteiger partial charge >= 0.3 is 0 Å². The van der Waals surface area contributed by atoms with E-state index in [2.05, 4.69) is 5.32 Å². The lowest BCUT2D eigenvalue weighted by Crippen LogP contribution is -2.28. The van der Waals surface area contributed by atoms with Crippen molar-refractivity contribution in [2.75, 3.05) is 20.3 Å². The van der Waals surface area contributed by atoms with E-state index in [4.69, 9.17) is 4.74 Å². The van der Waals surface area contributed by atoms with Gasteiger partial charge in [-0.25, -0.2) is 0 Å². The van der Waals surface area contributed by atoms with Gasteiger partial charge in [-0.05, 0) is 36.8 Å². The van der Waals surface area contributed by atoms with Gasteiger partial charge in [0.2, 0.25) is 5.91 Å². The standard InChI is InChI=1S/C14H22N2O3/c1-19-8-2-6-15-13(17)10-16-7-5-12(9-16)14(18)11-3-4-11/h5,7,9,11,14,18H,2-4,6,8,10H2,1H3,(H,15,17). The quantitative estimate of drug-likeness (QED) is 0.692. The number of carbonyl (C=O) groups excluding carboxylic acids is 1. The maximum absolute atomic E-state index is 11.7. The van der Waals surface area contributed by atoms with Crippen LogP contribution in [0.2, 0.25) is 0 Å². The number of amides is 1. The van der Waals surface area contributed by atoms with Gasteiger partial charge in [0.05, 0.1) is 6.10 Å². The van der Waals surface area contributed by atoms with Crippen LogP contribution >= 0.6 is 0 Å². The second-order valence-corrected chi connectivity index (χ2v) is 5.10. The third-order valence-corrected chi connectivity index (χ3v) is 3.36. The normalized spacial score (nSPS) is 16.3. The number of hydrogen-bond donors (Lipinski definition) is 2. The summed E-state index contributed by atoms with van der Waals surface area (Å²) in [7, 11) is 1.65. The molecule has 0 aromatic carbocycles. The number of ether oxygens (including phenoxy) is 1. The van der Waals surface area contributed by atoms with Gasteiger partial charge in [-0.3, -0.25) is 4.79 Å². The molecule has 1 aromatic rings. The van der Waals surface area contributed by atoms with Gasteiger partial charge in [0.25, 0.3) is 0 Å². The number of methoxy groups -OCH3 is 1. The van der Waals surface area contributed by atoms with Crippen molar-refractivity contribution in [3.05, 3.63) is 24.0 Å². The SMILES string of the molecule is COCCCNC(=O)Cn1ccc(C(O)C2CC2)c1. The Morgan fingerprint density at radius 3 is 3.11 bits per heavy atom. The maximum atomic E-state index is 11.7. The van der Waals surface area contributed by atoms with E-state index in [-0.39, 0.29) is 12.0 Å². The zero-order valence-corrected chi connectivity index (χ0v) is 11.3. The number of aliphatic hydroxyl groups is 1. The van der Waals surface area contributed by atoms with Crippen molar-refractivity contribution in [3.63, 3.8) is 0 Å². The van der Waals surface area contributed by atoms with Crippen LogP contribution in [0.25, 0.3) is 0 Å². The molecule has 1 heterocycles. The van der Waals surface area contributed by atoms with Gasteiger partial charge < -0.3 is 19.7 Å². The predicted octanol–water partition coefficient (Wildman–Crippen LogP) is 1.08. The van der Waals surface area contributed by atoms with Gasteiger partial charge in [-0.1, -0.05) is 0 Å². The molecule has 5 heteroatoms. The molecule has 1 aliphatic carbocycles. The van der Waals surface area contributed by atoms with Crippen LogP contribution in [0.1, 0.15) is 30.9 Å². The van der Waals surface area contributed by atoms with Crippen molar-refractivity contribution in [2.24, 2.45) is 5.92 Å². The topological polar surface area (TPSA) is 63.5 Å². The number of nitrogens with zero attached hydrogens (tertiary/aromatic N) is 1. The predicted molar refractivity (Wildman–Crippen MR) is 71.6 cm³/mol. The van der Waals surface area contributed by atoms with Gasteiger partial charge in [0.1, 0.15) is 6.54 Å². The second-order valence-electron chi connectivity index (χ2n) is 5.10. The highest BCUT2D eigenvalue weighted by Crippen LogP contribution is 2.40. The van der Waals surface area contributed by atoms with Crippen LogP contribution in [0.5, 0.6) is 0 Å². The molecule has 0 radical (unpaired) electrons. The van der Waals surface area contributed by atoms with E-state index in [0.717, 1.165) is 24.8 Å². The minimum absolute atomic E-state index is 0.0147. The number of rotatable bonds is 8. The molecule has 1 aliphatic rings. The van der Waals surface area contributed by atoms with Crippen molar-refractivity contribution in [1.82, 2.24) is 9.88 Å². The van der Waals surface area contributed by atoms with E-state index in [1.54, 1.807) is 7.11 Å². The molecule has 2 rings (SSSR count). The highest BCUT2D eigenvalue weighted by atomic mass is 16.5. The van der Waals surface area contributed by atoms with Gasteiger partial charge in [-0.2, -0.15) is 0 Å². The van der Waals surface area contributed by atoms with Crippen LogP contribution < -0.4 is 5.32 Å². The van der Waals surface area contributed by atoms with Crippen molar-refractivity contribution < 1.29 is 14.6 Å². The molecule has 1 saturated carbocycles. The van der Waals surface area contributed by atoms with Crippen molar-refractivity contribution in [2.45, 2.75) is 31.9 Å². The first kappa shape index (κ1) is 14.1. The van der Waals surface area contributed by atoms with Crippen LogP contribution in [0.15, 0.2) is 18.5 Å². The molecule has 0 spiro atoms. The van der Waals surface area contributed by atoms with Crippen molar-refractivity contribution in [3.8, 4) is 0 Å². The highest BCUT2D eigenvalue weighted by molar-refractivity contribution is 5.75. The largest absolute Gasteiger partial charge is 0.388 e. The van der Waals surface area contributed by atoms with Crippen LogP contribution in [0.4, 0.5) is 0 Å². The highest BCUT2D eigenvalue weighted by Gasteiger charge is 2.31. The summed E-state index contributed by atoms with van der Waals surface area (Å²) in [5, 5.41) is 12.8. The van der Waals surface area contributed by atoms with Crippen LogP contribution in [-0.2, 0) is 16.1 Å². The molecule has 1 unspecified atom stereocenters. The van der Waals surface area contributed by atoms with Crippen LogP contribution in [-0.4, -0.2) is 35.8 Å². The lowest BCUT2D eigenvalue weighted by molar-refractivity contribution is -0.121. The van der Waals surface area contributed by atoms with E-state index in [0.29, 0.717) is 25.6 Å². The maximum Gasteiger partial charge on any atom is 0.239 e. The van der Waals surface area contributed by atoms with Gasteiger partial charge in [-0.15, -0.1) is 0 Å². The average Bonchev–Trinajstić information content (AvgIpc) is 3.15. The van der Waals surface area contributed by atoms with Crippen LogP contribution in [0, 0.1) is 5.92 Å². The fourth-order valence-corrected chi connectivity index (χ4v) is 2.08. The molecular formula is C14H22N2O3. The molecule has 0 saturated heterocycles. The summed E-state index contributed by atoms with van der Waals surface area (Å²) in [6.45, 7) is 1.58. The number of aromatic nitrogens is 1. The third kappa shape index (κ3) is 4.36. The van der Waals surface area contributed by atoms with Gasteiger partial charge in [0.15, 0.2) is 0 Å². The minimum atomic E-state index is -0.369. The fourth-order valence-electron chi connectivity index (χ4n) is 2.08. The summed E-state index contributed by atoms with van der Waals surface area (Å²) in [5.41, 5.74) is 0.912. The molecule has 1 atom stereocenters. The Kier molecular flexibility index (Phi) is 4.99. The number of aliphatic hydroxyl groups excluding tert-OH is 1. The zero-order valence-electron chi connectivity index (χ0n) is 11.3. The van der Waals surface area contributed by atoms with E-state index in [1.807, 2.05) is 23.0 Å². The minimum Gasteiger partial charge on any atom is -0.388 e. The van der Waals surface area contributed by atoms with Crippen molar-refractivity contribution >= 4 is 5.91 Å². The fraction of sp³-hybridized carbons (Fsp3) is 0.643. The first-order valence-electron chi connectivity index (χ1n) is 6.80. The van der Waals surface area contributed by atoms with Crippen molar-refractivity contribution in [1.29, 1.82) is 0 Å². The summed E-state index contributed by atoms with van der Waals surface area (Å²) < 4.78 is 6.73. The smallest absolute Gasteiger partial charge is 0.239 e. The first-order valence-corrected chi connectivity index (χ1v) is 6.80. The summed E-state index contributed by atoms with van der Waals surface area (Å²) in [6, 6.07) is 1.89. The lowest BCUT2D eigenvalue weighted by atomic mass is 10.1. The first-order chi connectivity index (χ1) is 9.20. The summed E-state index contributed by atoms with van der Waals surface area (Å²) in [6.07, 6.45) is 6.36. The summed E-state index contributed by atoms with van der Waals surface area (Å²) in [4.78, 5) is 11.7. The lowest BCUT2D eigenvalue weighted by Gasteiger charge is -2.07. The molecule has 1 aromatic heterocycles. The van der Waals surface area contributed by atoms with E-state index in [9.17, 15) is 9.90 Å². The molecule has 5 nitrogen and oxygen atoms in total. The zero-order chi connectivity index (χ0) is 13.7. The number of carbonyl (C=O) groups is 1. The second kappa shape index (κ2) is 6.73. The van der Waals surface area contributed by atoms with E-state index >= 15 is 0 Å². The van der Waals surface area contributed by atoms with Crippen LogP contribution in [0.3, 0.4) is 0 Å². The molecule has 1 fully saturated rings. The molecule has 0 aliphatic heterocycles. The molecule has 2 N–H and O–H groups in total. The monoisotopic (exact) mass is 266 g/mol. The Labute approximate surface area is 113 Å². The summed E-state index contributed by atoms with van der Waals surface area (Å²) >= 11 is 0. The third-order valence-electron chi connectivity index (χ3n) is 3.36. The average molecular weight is 266 g/mol. The molecule has 0 bridgehead atoms. The number of hydrogen-bond acceptors (Lipinski definition) is 3. The molecule has 1 amide bonds. The summed E-state index contributed by atoms with van der Waals surface area (Å²) in [5.74, 6) is 0.401.